The summed E-state index contributed by atoms with van der Waals surface area (Å²) in [5.41, 5.74) is 6.86. The van der Waals surface area contributed by atoms with Gasteiger partial charge in [0.05, 0.1) is 16.4 Å². The zero-order chi connectivity index (χ0) is 12.4. The summed E-state index contributed by atoms with van der Waals surface area (Å²) in [4.78, 5) is 11.8. The van der Waals surface area contributed by atoms with E-state index in [4.69, 9.17) is 17.3 Å². The molecule has 0 saturated heterocycles. The molecule has 1 heterocycles. The highest BCUT2D eigenvalue weighted by Gasteiger charge is 2.11. The van der Waals surface area contributed by atoms with Gasteiger partial charge < -0.3 is 11.1 Å². The SMILES string of the molecule is Cn1ccc(C(=O)Nc2cccc(N)c2Cl)n1. The Morgan fingerprint density at radius 2 is 2.24 bits per heavy atom. The molecule has 6 heteroatoms. The molecule has 88 valence electrons. The second kappa shape index (κ2) is 4.47. The summed E-state index contributed by atoms with van der Waals surface area (Å²) in [6.45, 7) is 0. The molecule has 0 atom stereocenters. The molecule has 0 saturated carbocycles. The first-order valence-corrected chi connectivity index (χ1v) is 5.30. The second-order valence-corrected chi connectivity index (χ2v) is 3.92. The van der Waals surface area contributed by atoms with Gasteiger partial charge in [-0.15, -0.1) is 0 Å². The molecule has 5 nitrogen and oxygen atoms in total. The summed E-state index contributed by atoms with van der Waals surface area (Å²) in [7, 11) is 1.74. The van der Waals surface area contributed by atoms with Crippen LogP contribution in [-0.4, -0.2) is 15.7 Å². The summed E-state index contributed by atoms with van der Waals surface area (Å²) >= 11 is 5.96. The van der Waals surface area contributed by atoms with E-state index in [0.29, 0.717) is 22.1 Å². The maximum atomic E-state index is 11.8. The lowest BCUT2D eigenvalue weighted by molar-refractivity contribution is 0.102. The van der Waals surface area contributed by atoms with E-state index < -0.39 is 0 Å². The fourth-order valence-electron chi connectivity index (χ4n) is 1.37. The van der Waals surface area contributed by atoms with Gasteiger partial charge >= 0.3 is 0 Å². The molecule has 1 aromatic carbocycles. The van der Waals surface area contributed by atoms with Gasteiger partial charge in [0.2, 0.25) is 0 Å². The minimum atomic E-state index is -0.321. The van der Waals surface area contributed by atoms with E-state index in [0.717, 1.165) is 0 Å². The number of nitrogen functional groups attached to an aromatic ring is 1. The maximum Gasteiger partial charge on any atom is 0.276 e. The average molecular weight is 251 g/mol. The fraction of sp³-hybridized carbons (Fsp3) is 0.0909. The van der Waals surface area contributed by atoms with E-state index >= 15 is 0 Å². The van der Waals surface area contributed by atoms with Crippen LogP contribution in [0.5, 0.6) is 0 Å². The van der Waals surface area contributed by atoms with Crippen molar-refractivity contribution < 1.29 is 4.79 Å². The zero-order valence-electron chi connectivity index (χ0n) is 9.14. The number of hydrogen-bond acceptors (Lipinski definition) is 3. The first-order chi connectivity index (χ1) is 8.08. The lowest BCUT2D eigenvalue weighted by Gasteiger charge is -2.07. The molecule has 0 radical (unpaired) electrons. The van der Waals surface area contributed by atoms with E-state index in [-0.39, 0.29) is 5.91 Å². The number of nitrogens with one attached hydrogen (secondary N) is 1. The third kappa shape index (κ3) is 2.39. The number of hydrogen-bond donors (Lipinski definition) is 2. The molecule has 0 aliphatic rings. The van der Waals surface area contributed by atoms with Crippen molar-refractivity contribution in [1.82, 2.24) is 9.78 Å². The summed E-state index contributed by atoms with van der Waals surface area (Å²) < 4.78 is 1.55. The van der Waals surface area contributed by atoms with Crippen LogP contribution in [-0.2, 0) is 7.05 Å². The largest absolute Gasteiger partial charge is 0.397 e. The summed E-state index contributed by atoms with van der Waals surface area (Å²) in [6.07, 6.45) is 1.69. The highest BCUT2D eigenvalue weighted by molar-refractivity contribution is 6.36. The fourth-order valence-corrected chi connectivity index (χ4v) is 1.54. The molecule has 1 aromatic heterocycles. The molecule has 0 aliphatic carbocycles. The normalized spacial score (nSPS) is 10.2. The first kappa shape index (κ1) is 11.5. The predicted molar refractivity (Wildman–Crippen MR) is 67.0 cm³/mol. The molecule has 0 spiro atoms. The molecule has 0 bridgehead atoms. The Kier molecular flexibility index (Phi) is 3.01. The van der Waals surface area contributed by atoms with E-state index in [2.05, 4.69) is 10.4 Å². The van der Waals surface area contributed by atoms with Crippen molar-refractivity contribution in [3.63, 3.8) is 0 Å². The highest BCUT2D eigenvalue weighted by atomic mass is 35.5. The Balaban J connectivity index is 2.21. The number of carbonyl (C=O) groups excluding carboxylic acids is 1. The van der Waals surface area contributed by atoms with Gasteiger partial charge in [-0.3, -0.25) is 9.48 Å². The number of carbonyl (C=O) groups is 1. The van der Waals surface area contributed by atoms with Crippen LogP contribution in [0.3, 0.4) is 0 Å². The molecule has 0 fully saturated rings. The lowest BCUT2D eigenvalue weighted by Crippen LogP contribution is -2.13. The van der Waals surface area contributed by atoms with Gasteiger partial charge in [0.1, 0.15) is 0 Å². The molecular weight excluding hydrogens is 240 g/mol. The molecule has 2 rings (SSSR count). The average Bonchev–Trinajstić information content (AvgIpc) is 2.72. The van der Waals surface area contributed by atoms with Gasteiger partial charge in [0, 0.05) is 13.2 Å². The maximum absolute atomic E-state index is 11.8. The predicted octanol–water partition coefficient (Wildman–Crippen LogP) is 1.91. The summed E-state index contributed by atoms with van der Waals surface area (Å²) in [6, 6.07) is 6.68. The van der Waals surface area contributed by atoms with Crippen molar-refractivity contribution in [3.8, 4) is 0 Å². The van der Waals surface area contributed by atoms with Crippen LogP contribution in [0.2, 0.25) is 5.02 Å². The van der Waals surface area contributed by atoms with Crippen molar-refractivity contribution in [2.24, 2.45) is 7.05 Å². The van der Waals surface area contributed by atoms with Gasteiger partial charge in [-0.25, -0.2) is 0 Å². The second-order valence-electron chi connectivity index (χ2n) is 3.54. The number of nitrogens with zero attached hydrogens (tertiary/aromatic N) is 2. The van der Waals surface area contributed by atoms with Gasteiger partial charge in [0.15, 0.2) is 5.69 Å². The zero-order valence-corrected chi connectivity index (χ0v) is 9.90. The number of aromatic nitrogens is 2. The minimum absolute atomic E-state index is 0.321. The quantitative estimate of drug-likeness (QED) is 0.800. The van der Waals surface area contributed by atoms with Crippen molar-refractivity contribution >= 4 is 28.9 Å². The van der Waals surface area contributed by atoms with Gasteiger partial charge in [0.25, 0.3) is 5.91 Å². The van der Waals surface area contributed by atoms with E-state index in [1.165, 1.54) is 0 Å². The highest BCUT2D eigenvalue weighted by Crippen LogP contribution is 2.27. The number of anilines is 2. The third-order valence-electron chi connectivity index (χ3n) is 2.22. The number of nitrogens with two attached hydrogens (primary N) is 1. The van der Waals surface area contributed by atoms with Crippen LogP contribution in [0, 0.1) is 0 Å². The van der Waals surface area contributed by atoms with Crippen molar-refractivity contribution in [2.75, 3.05) is 11.1 Å². The van der Waals surface area contributed by atoms with Crippen molar-refractivity contribution in [1.29, 1.82) is 0 Å². The first-order valence-electron chi connectivity index (χ1n) is 4.93. The molecule has 2 aromatic rings. The van der Waals surface area contributed by atoms with E-state index in [1.54, 1.807) is 42.2 Å². The molecule has 3 N–H and O–H groups in total. The molecule has 0 aliphatic heterocycles. The number of halogens is 1. The minimum Gasteiger partial charge on any atom is -0.397 e. The number of rotatable bonds is 2. The topological polar surface area (TPSA) is 72.9 Å². The van der Waals surface area contributed by atoms with Crippen molar-refractivity contribution in [3.05, 3.63) is 41.2 Å². The molecular formula is C11H11ClN4O. The Labute approximate surface area is 103 Å². The Morgan fingerprint density at radius 3 is 2.88 bits per heavy atom. The monoisotopic (exact) mass is 250 g/mol. The van der Waals surface area contributed by atoms with Crippen LogP contribution in [0.1, 0.15) is 10.5 Å². The Morgan fingerprint density at radius 1 is 1.47 bits per heavy atom. The lowest BCUT2D eigenvalue weighted by atomic mass is 10.2. The molecule has 1 amide bonds. The van der Waals surface area contributed by atoms with Crippen LogP contribution >= 0.6 is 11.6 Å². The van der Waals surface area contributed by atoms with Crippen LogP contribution in [0.15, 0.2) is 30.5 Å². The summed E-state index contributed by atoms with van der Waals surface area (Å²) in [5, 5.41) is 6.97. The van der Waals surface area contributed by atoms with Gasteiger partial charge in [-0.05, 0) is 18.2 Å². The standard InChI is InChI=1S/C11H11ClN4O/c1-16-6-5-9(15-16)11(17)14-8-4-2-3-7(13)10(8)12/h2-6H,13H2,1H3,(H,14,17). The third-order valence-corrected chi connectivity index (χ3v) is 2.64. The van der Waals surface area contributed by atoms with Crippen molar-refractivity contribution in [2.45, 2.75) is 0 Å². The van der Waals surface area contributed by atoms with Gasteiger partial charge in [-0.1, -0.05) is 17.7 Å². The van der Waals surface area contributed by atoms with Gasteiger partial charge in [-0.2, -0.15) is 5.10 Å². The number of benzene rings is 1. The van der Waals surface area contributed by atoms with Crippen LogP contribution < -0.4 is 11.1 Å². The molecule has 17 heavy (non-hydrogen) atoms. The number of amides is 1. The van der Waals surface area contributed by atoms with Crippen LogP contribution in [0.25, 0.3) is 0 Å². The van der Waals surface area contributed by atoms with E-state index in [9.17, 15) is 4.79 Å². The smallest absolute Gasteiger partial charge is 0.276 e. The Bertz CT molecular complexity index is 564. The van der Waals surface area contributed by atoms with Crippen LogP contribution in [0.4, 0.5) is 11.4 Å². The Hall–Kier alpha value is -2.01. The van der Waals surface area contributed by atoms with E-state index in [1.807, 2.05) is 0 Å². The number of aryl methyl sites for hydroxylation is 1. The summed E-state index contributed by atoms with van der Waals surface area (Å²) in [5.74, 6) is -0.321. The molecule has 0 unspecified atom stereocenters.